The number of hydrogen-bond donors (Lipinski definition) is 1. The maximum Gasteiger partial charge on any atom is 0.147 e. The van der Waals surface area contributed by atoms with Gasteiger partial charge in [0.05, 0.1) is 10.9 Å². The highest BCUT2D eigenvalue weighted by Gasteiger charge is 2.63. The van der Waals surface area contributed by atoms with Crippen LogP contribution in [0.25, 0.3) is 0 Å². The quantitative estimate of drug-likeness (QED) is 0.591. The van der Waals surface area contributed by atoms with Crippen molar-refractivity contribution in [1.29, 1.82) is 0 Å². The Hall–Kier alpha value is 0.0700. The van der Waals surface area contributed by atoms with Crippen LogP contribution in [-0.4, -0.2) is 35.5 Å². The molecule has 0 heterocycles. The maximum absolute atomic E-state index is 12.7. The molecule has 4 fully saturated rings. The Labute approximate surface area is 179 Å². The molecule has 160 valence electrons. The SMILES string of the molecule is COC[C@@H]1C[C@H]2C[C@](C)(O)CC[C@]2(C)[C@H]2CC[C@]3(C)[C@@H](C(=O)CBr)CC[C@H]3[C@H]12. The summed E-state index contributed by atoms with van der Waals surface area (Å²) in [4.78, 5) is 12.7. The molecular weight excluding hydrogens is 416 g/mol. The van der Waals surface area contributed by atoms with Gasteiger partial charge in [0.1, 0.15) is 5.78 Å². The van der Waals surface area contributed by atoms with Crippen molar-refractivity contribution in [2.24, 2.45) is 46.3 Å². The normalized spacial score (nSPS) is 53.2. The van der Waals surface area contributed by atoms with Crippen LogP contribution in [0.5, 0.6) is 0 Å². The Bertz CT molecular complexity index is 619. The van der Waals surface area contributed by atoms with E-state index >= 15 is 0 Å². The van der Waals surface area contributed by atoms with Gasteiger partial charge in [0.25, 0.3) is 0 Å². The van der Waals surface area contributed by atoms with Gasteiger partial charge in [0.15, 0.2) is 0 Å². The van der Waals surface area contributed by atoms with Crippen molar-refractivity contribution in [3.63, 3.8) is 0 Å². The van der Waals surface area contributed by atoms with E-state index < -0.39 is 5.60 Å². The van der Waals surface area contributed by atoms with Crippen molar-refractivity contribution in [3.05, 3.63) is 0 Å². The lowest BCUT2D eigenvalue weighted by Gasteiger charge is -2.64. The first-order chi connectivity index (χ1) is 13.2. The summed E-state index contributed by atoms with van der Waals surface area (Å²) < 4.78 is 5.73. The van der Waals surface area contributed by atoms with Gasteiger partial charge < -0.3 is 9.84 Å². The van der Waals surface area contributed by atoms with Crippen molar-refractivity contribution in [2.75, 3.05) is 19.0 Å². The largest absolute Gasteiger partial charge is 0.390 e. The van der Waals surface area contributed by atoms with E-state index in [0.29, 0.717) is 40.2 Å². The summed E-state index contributed by atoms with van der Waals surface area (Å²) in [6.07, 6.45) is 8.94. The van der Waals surface area contributed by atoms with Crippen LogP contribution >= 0.6 is 15.9 Å². The number of hydrogen-bond acceptors (Lipinski definition) is 3. The molecule has 0 spiro atoms. The first kappa shape index (κ1) is 21.3. The van der Waals surface area contributed by atoms with Crippen LogP contribution in [0.15, 0.2) is 0 Å². The van der Waals surface area contributed by atoms with Crippen molar-refractivity contribution < 1.29 is 14.6 Å². The van der Waals surface area contributed by atoms with Gasteiger partial charge in [0, 0.05) is 19.6 Å². The highest BCUT2D eigenvalue weighted by molar-refractivity contribution is 9.09. The third-order valence-corrected chi connectivity index (χ3v) is 10.6. The molecule has 0 radical (unpaired) electrons. The van der Waals surface area contributed by atoms with E-state index in [-0.39, 0.29) is 11.3 Å². The van der Waals surface area contributed by atoms with Crippen molar-refractivity contribution in [3.8, 4) is 0 Å². The minimum atomic E-state index is -0.501. The number of carbonyl (C=O) groups is 1. The van der Waals surface area contributed by atoms with Crippen LogP contribution in [0.3, 0.4) is 0 Å². The standard InChI is InChI=1S/C24H39BrO3/c1-22(27)9-10-23(2)16(12-22)11-15(14-28-4)21-18-6-5-17(20(26)13-25)24(18,3)8-7-19(21)23/h15-19,21,27H,5-14H2,1-4H3/t15-,16-,17+,18-,19-,21-,22+,23-,24+/m0/s1. The molecule has 0 unspecified atom stereocenters. The van der Waals surface area contributed by atoms with Gasteiger partial charge in [-0.15, -0.1) is 0 Å². The zero-order chi connectivity index (χ0) is 20.3. The van der Waals surface area contributed by atoms with Gasteiger partial charge in [0.2, 0.25) is 0 Å². The minimum Gasteiger partial charge on any atom is -0.390 e. The van der Waals surface area contributed by atoms with Gasteiger partial charge in [-0.3, -0.25) is 4.79 Å². The van der Waals surface area contributed by atoms with Crippen LogP contribution in [0.4, 0.5) is 0 Å². The number of ketones is 1. The summed E-state index contributed by atoms with van der Waals surface area (Å²) in [5, 5.41) is 11.3. The number of methoxy groups -OCH3 is 1. The minimum absolute atomic E-state index is 0.168. The predicted molar refractivity (Wildman–Crippen MR) is 115 cm³/mol. The Morgan fingerprint density at radius 2 is 1.79 bits per heavy atom. The Kier molecular flexibility index (Phi) is 5.58. The molecule has 0 aromatic carbocycles. The molecule has 9 atom stereocenters. The molecule has 4 aliphatic rings. The van der Waals surface area contributed by atoms with Crippen molar-refractivity contribution in [1.82, 2.24) is 0 Å². The number of carbonyl (C=O) groups excluding carboxylic acids is 1. The molecular formula is C24H39BrO3. The zero-order valence-corrected chi connectivity index (χ0v) is 19.8. The third-order valence-electron chi connectivity index (χ3n) is 10.0. The molecule has 3 nitrogen and oxygen atoms in total. The van der Waals surface area contributed by atoms with Crippen LogP contribution in [-0.2, 0) is 9.53 Å². The second-order valence-electron chi connectivity index (χ2n) is 11.4. The van der Waals surface area contributed by atoms with Gasteiger partial charge in [-0.2, -0.15) is 0 Å². The summed E-state index contributed by atoms with van der Waals surface area (Å²) in [7, 11) is 1.84. The first-order valence-electron chi connectivity index (χ1n) is 11.5. The lowest BCUT2D eigenvalue weighted by atomic mass is 9.42. The van der Waals surface area contributed by atoms with Gasteiger partial charge in [-0.25, -0.2) is 0 Å². The van der Waals surface area contributed by atoms with E-state index in [0.717, 1.165) is 38.2 Å². The highest BCUT2D eigenvalue weighted by atomic mass is 79.9. The molecule has 0 aliphatic heterocycles. The molecule has 4 aliphatic carbocycles. The van der Waals surface area contributed by atoms with Crippen LogP contribution < -0.4 is 0 Å². The zero-order valence-electron chi connectivity index (χ0n) is 18.2. The van der Waals surface area contributed by atoms with Crippen LogP contribution in [0, 0.1) is 46.3 Å². The fourth-order valence-corrected chi connectivity index (χ4v) is 9.00. The van der Waals surface area contributed by atoms with Crippen molar-refractivity contribution in [2.45, 2.75) is 77.7 Å². The van der Waals surface area contributed by atoms with Gasteiger partial charge in [-0.1, -0.05) is 29.8 Å². The second-order valence-corrected chi connectivity index (χ2v) is 12.0. The van der Waals surface area contributed by atoms with Crippen molar-refractivity contribution >= 4 is 21.7 Å². The monoisotopic (exact) mass is 454 g/mol. The summed E-state index contributed by atoms with van der Waals surface area (Å²) in [5.41, 5.74) is 0.00985. The smallest absolute Gasteiger partial charge is 0.147 e. The fraction of sp³-hybridized carbons (Fsp3) is 0.958. The van der Waals surface area contributed by atoms with E-state index in [2.05, 4.69) is 29.8 Å². The average Bonchev–Trinajstić information content (AvgIpc) is 2.99. The van der Waals surface area contributed by atoms with E-state index in [1.165, 1.54) is 25.7 Å². The lowest BCUT2D eigenvalue weighted by Crippen LogP contribution is -2.59. The molecule has 0 amide bonds. The molecule has 4 rings (SSSR count). The molecule has 4 saturated carbocycles. The molecule has 0 aromatic heterocycles. The van der Waals surface area contributed by atoms with Gasteiger partial charge in [-0.05, 0) is 98.7 Å². The first-order valence-corrected chi connectivity index (χ1v) is 12.6. The van der Waals surface area contributed by atoms with Crippen LogP contribution in [0.1, 0.15) is 72.1 Å². The molecule has 28 heavy (non-hydrogen) atoms. The molecule has 0 saturated heterocycles. The Morgan fingerprint density at radius 3 is 2.46 bits per heavy atom. The third kappa shape index (κ3) is 3.15. The molecule has 0 bridgehead atoms. The number of alkyl halides is 1. The summed E-state index contributed by atoms with van der Waals surface area (Å²) in [6.45, 7) is 7.83. The summed E-state index contributed by atoms with van der Waals surface area (Å²) in [5.74, 6) is 3.88. The number of ether oxygens (including phenoxy) is 1. The number of Topliss-reactive ketones (excluding diaryl/α,β-unsaturated/α-hetero) is 1. The summed E-state index contributed by atoms with van der Waals surface area (Å²) in [6, 6.07) is 0. The number of halogens is 1. The van der Waals surface area contributed by atoms with E-state index in [4.69, 9.17) is 4.74 Å². The number of rotatable bonds is 4. The highest BCUT2D eigenvalue weighted by Crippen LogP contribution is 2.69. The number of fused-ring (bicyclic) bond motifs is 5. The van der Waals surface area contributed by atoms with Gasteiger partial charge >= 0.3 is 0 Å². The second kappa shape index (κ2) is 7.34. The predicted octanol–water partition coefficient (Wildman–Crippen LogP) is 5.23. The Morgan fingerprint density at radius 1 is 1.07 bits per heavy atom. The molecule has 1 N–H and O–H groups in total. The van der Waals surface area contributed by atoms with Crippen LogP contribution in [0.2, 0.25) is 0 Å². The van der Waals surface area contributed by atoms with E-state index in [1.54, 1.807) is 0 Å². The lowest BCUT2D eigenvalue weighted by molar-refractivity contribution is -0.174. The Balaban J connectivity index is 1.68. The molecule has 0 aromatic rings. The maximum atomic E-state index is 12.7. The van der Waals surface area contributed by atoms with E-state index in [9.17, 15) is 9.90 Å². The molecule has 4 heteroatoms. The fourth-order valence-electron chi connectivity index (χ4n) is 8.61. The topological polar surface area (TPSA) is 46.5 Å². The number of aliphatic hydroxyl groups is 1. The average molecular weight is 455 g/mol. The van der Waals surface area contributed by atoms with E-state index in [1.807, 2.05) is 14.0 Å². The summed E-state index contributed by atoms with van der Waals surface area (Å²) >= 11 is 3.44.